The lowest BCUT2D eigenvalue weighted by Gasteiger charge is -2.23. The van der Waals surface area contributed by atoms with E-state index in [0.717, 1.165) is 28.6 Å². The van der Waals surface area contributed by atoms with E-state index in [9.17, 15) is 9.59 Å². The van der Waals surface area contributed by atoms with Gasteiger partial charge in [-0.25, -0.2) is 4.79 Å². The molecule has 28 heavy (non-hydrogen) atoms. The Balaban J connectivity index is 1.76. The molecule has 1 aromatic heterocycles. The highest BCUT2D eigenvalue weighted by atomic mass is 16.6. The number of aromatic nitrogens is 1. The average molecular weight is 383 g/mol. The van der Waals surface area contributed by atoms with Crippen molar-refractivity contribution in [1.82, 2.24) is 14.8 Å². The lowest BCUT2D eigenvalue weighted by molar-refractivity contribution is 0.0748. The number of aryl methyl sites for hydroxylation is 2. The normalized spacial score (nSPS) is 15.0. The van der Waals surface area contributed by atoms with E-state index >= 15 is 0 Å². The molecule has 0 radical (unpaired) electrons. The van der Waals surface area contributed by atoms with E-state index in [1.165, 1.54) is 0 Å². The Morgan fingerprint density at radius 3 is 2.54 bits per heavy atom. The summed E-state index contributed by atoms with van der Waals surface area (Å²) in [5.74, 6) is 0.305. The second-order valence-electron chi connectivity index (χ2n) is 7.94. The van der Waals surface area contributed by atoms with Crippen molar-refractivity contribution in [1.29, 1.82) is 0 Å². The van der Waals surface area contributed by atoms with Crippen LogP contribution in [-0.4, -0.2) is 59.6 Å². The summed E-state index contributed by atoms with van der Waals surface area (Å²) >= 11 is 0. The molecule has 1 aliphatic heterocycles. The second kappa shape index (κ2) is 8.59. The van der Waals surface area contributed by atoms with E-state index in [1.807, 2.05) is 56.9 Å². The van der Waals surface area contributed by atoms with Crippen molar-refractivity contribution in [2.24, 2.45) is 5.92 Å². The van der Waals surface area contributed by atoms with Gasteiger partial charge < -0.3 is 14.5 Å². The number of carbonyl (C=O) groups is 2. The lowest BCUT2D eigenvalue weighted by Crippen LogP contribution is -2.38. The average Bonchev–Trinajstić information content (AvgIpc) is 2.91. The lowest BCUT2D eigenvalue weighted by atomic mass is 10.0. The van der Waals surface area contributed by atoms with Crippen LogP contribution in [0.5, 0.6) is 0 Å². The van der Waals surface area contributed by atoms with Gasteiger partial charge in [-0.1, -0.05) is 25.5 Å². The van der Waals surface area contributed by atoms with Crippen LogP contribution in [0.1, 0.15) is 41.9 Å². The number of benzene rings is 1. The van der Waals surface area contributed by atoms with E-state index in [0.29, 0.717) is 44.3 Å². The van der Waals surface area contributed by atoms with Crippen LogP contribution < -0.4 is 0 Å². The Morgan fingerprint density at radius 2 is 1.79 bits per heavy atom. The zero-order valence-corrected chi connectivity index (χ0v) is 17.2. The third-order valence-electron chi connectivity index (χ3n) is 4.90. The van der Waals surface area contributed by atoms with Gasteiger partial charge in [-0.05, 0) is 44.4 Å². The summed E-state index contributed by atoms with van der Waals surface area (Å²) in [5, 5.41) is 0.882. The summed E-state index contributed by atoms with van der Waals surface area (Å²) in [6, 6.07) is 7.85. The Labute approximate surface area is 166 Å². The molecule has 150 valence electrons. The molecule has 0 N–H and O–H groups in total. The Hall–Kier alpha value is -2.63. The zero-order valence-electron chi connectivity index (χ0n) is 17.2. The molecular weight excluding hydrogens is 354 g/mol. The Kier molecular flexibility index (Phi) is 6.17. The van der Waals surface area contributed by atoms with Gasteiger partial charge in [0.25, 0.3) is 5.91 Å². The monoisotopic (exact) mass is 383 g/mol. The third kappa shape index (κ3) is 4.61. The van der Waals surface area contributed by atoms with Gasteiger partial charge >= 0.3 is 6.09 Å². The molecule has 0 saturated carbocycles. The molecule has 2 aromatic rings. The predicted octanol–water partition coefficient (Wildman–Crippen LogP) is 3.79. The Bertz CT molecular complexity index is 879. The minimum atomic E-state index is -0.288. The van der Waals surface area contributed by atoms with Crippen molar-refractivity contribution in [3.63, 3.8) is 0 Å². The summed E-state index contributed by atoms with van der Waals surface area (Å²) in [6.07, 6.45) is 0.452. The van der Waals surface area contributed by atoms with Gasteiger partial charge in [0.15, 0.2) is 0 Å². The predicted molar refractivity (Wildman–Crippen MR) is 109 cm³/mol. The molecule has 0 unspecified atom stereocenters. The largest absolute Gasteiger partial charge is 0.449 e. The van der Waals surface area contributed by atoms with Gasteiger partial charge in [0.05, 0.1) is 17.7 Å². The summed E-state index contributed by atoms with van der Waals surface area (Å²) in [5.41, 5.74) is 3.44. The third-order valence-corrected chi connectivity index (χ3v) is 4.90. The smallest absolute Gasteiger partial charge is 0.409 e. The molecule has 1 aliphatic rings. The van der Waals surface area contributed by atoms with Crippen LogP contribution in [0.2, 0.25) is 0 Å². The molecule has 0 spiro atoms. The number of hydrogen-bond acceptors (Lipinski definition) is 4. The van der Waals surface area contributed by atoms with E-state index in [-0.39, 0.29) is 12.0 Å². The van der Waals surface area contributed by atoms with Crippen molar-refractivity contribution >= 4 is 22.9 Å². The highest BCUT2D eigenvalue weighted by molar-refractivity contribution is 6.06. The quantitative estimate of drug-likeness (QED) is 0.809. The number of nitrogens with zero attached hydrogens (tertiary/aromatic N) is 3. The first-order chi connectivity index (χ1) is 13.3. The van der Waals surface area contributed by atoms with Crippen molar-refractivity contribution in [3.05, 3.63) is 41.1 Å². The summed E-state index contributed by atoms with van der Waals surface area (Å²) < 4.78 is 5.34. The number of ether oxygens (including phenoxy) is 1. The maximum absolute atomic E-state index is 13.3. The number of amides is 2. The zero-order chi connectivity index (χ0) is 20.3. The van der Waals surface area contributed by atoms with Crippen molar-refractivity contribution in [3.8, 4) is 0 Å². The first-order valence-corrected chi connectivity index (χ1v) is 9.94. The fourth-order valence-electron chi connectivity index (χ4n) is 3.45. The molecule has 2 amide bonds. The minimum Gasteiger partial charge on any atom is -0.449 e. The molecule has 6 nitrogen and oxygen atoms in total. The van der Waals surface area contributed by atoms with Gasteiger partial charge in [-0.15, -0.1) is 0 Å². The van der Waals surface area contributed by atoms with Crippen molar-refractivity contribution in [2.45, 2.75) is 34.1 Å². The highest BCUT2D eigenvalue weighted by Gasteiger charge is 2.25. The first-order valence-electron chi connectivity index (χ1n) is 9.94. The molecule has 1 saturated heterocycles. The number of rotatable bonds is 3. The van der Waals surface area contributed by atoms with Gasteiger partial charge in [0.1, 0.15) is 0 Å². The van der Waals surface area contributed by atoms with Crippen LogP contribution >= 0.6 is 0 Å². The fourth-order valence-corrected chi connectivity index (χ4v) is 3.45. The Morgan fingerprint density at radius 1 is 1.07 bits per heavy atom. The van der Waals surface area contributed by atoms with E-state index in [2.05, 4.69) is 4.98 Å². The summed E-state index contributed by atoms with van der Waals surface area (Å²) in [7, 11) is 0. The number of carbonyl (C=O) groups excluding carboxylic acids is 2. The van der Waals surface area contributed by atoms with Crippen molar-refractivity contribution in [2.75, 3.05) is 32.8 Å². The molecule has 0 bridgehead atoms. The van der Waals surface area contributed by atoms with Crippen LogP contribution in [0.3, 0.4) is 0 Å². The molecular formula is C22H29N3O3. The molecule has 6 heteroatoms. The topological polar surface area (TPSA) is 62.7 Å². The number of fused-ring (bicyclic) bond motifs is 1. The highest BCUT2D eigenvalue weighted by Crippen LogP contribution is 2.22. The SMILES string of the molecule is Cc1ccc2nc(C)cc(C(=O)N3CCCN(C(=O)OCC(C)C)CC3)c2c1. The van der Waals surface area contributed by atoms with Crippen LogP contribution in [0, 0.1) is 19.8 Å². The molecule has 1 aromatic carbocycles. The van der Waals surface area contributed by atoms with E-state index < -0.39 is 0 Å². The molecule has 1 fully saturated rings. The first kappa shape index (κ1) is 20.1. The van der Waals surface area contributed by atoms with Gasteiger partial charge in [0, 0.05) is 37.3 Å². The van der Waals surface area contributed by atoms with Crippen LogP contribution in [0.4, 0.5) is 4.79 Å². The van der Waals surface area contributed by atoms with Gasteiger partial charge in [-0.2, -0.15) is 0 Å². The van der Waals surface area contributed by atoms with Gasteiger partial charge in [0.2, 0.25) is 0 Å². The van der Waals surface area contributed by atoms with Crippen LogP contribution in [-0.2, 0) is 4.74 Å². The minimum absolute atomic E-state index is 0.00139. The maximum atomic E-state index is 13.3. The van der Waals surface area contributed by atoms with E-state index in [1.54, 1.807) is 4.90 Å². The summed E-state index contributed by atoms with van der Waals surface area (Å²) in [6.45, 7) is 10.6. The van der Waals surface area contributed by atoms with Gasteiger partial charge in [-0.3, -0.25) is 9.78 Å². The molecule has 3 rings (SSSR count). The second-order valence-corrected chi connectivity index (χ2v) is 7.94. The molecule has 2 heterocycles. The van der Waals surface area contributed by atoms with Crippen molar-refractivity contribution < 1.29 is 14.3 Å². The van der Waals surface area contributed by atoms with Crippen LogP contribution in [0.15, 0.2) is 24.3 Å². The fraction of sp³-hybridized carbons (Fsp3) is 0.500. The van der Waals surface area contributed by atoms with Crippen LogP contribution in [0.25, 0.3) is 10.9 Å². The number of hydrogen-bond donors (Lipinski definition) is 0. The molecule has 0 aliphatic carbocycles. The number of pyridine rings is 1. The molecule has 0 atom stereocenters. The van der Waals surface area contributed by atoms with E-state index in [4.69, 9.17) is 4.74 Å². The standard InChI is InChI=1S/C22H29N3O3/c1-15(2)14-28-22(27)25-9-5-8-24(10-11-25)21(26)19-13-17(4)23-20-7-6-16(3)12-18(19)20/h6-7,12-13,15H,5,8-11,14H2,1-4H3. The summed E-state index contributed by atoms with van der Waals surface area (Å²) in [4.78, 5) is 33.6. The maximum Gasteiger partial charge on any atom is 0.409 e.